The van der Waals surface area contributed by atoms with Crippen LogP contribution in [0.15, 0.2) is 48.5 Å². The van der Waals surface area contributed by atoms with Gasteiger partial charge in [0.25, 0.3) is 5.91 Å². The van der Waals surface area contributed by atoms with Crippen molar-refractivity contribution >= 4 is 29.2 Å². The molecule has 27 heavy (non-hydrogen) atoms. The number of hydrogen-bond acceptors (Lipinski definition) is 4. The minimum Gasteiger partial charge on any atom is -0.449 e. The van der Waals surface area contributed by atoms with Gasteiger partial charge in [-0.05, 0) is 54.8 Å². The van der Waals surface area contributed by atoms with E-state index in [1.54, 1.807) is 36.4 Å². The molecule has 0 heterocycles. The number of hydrogen-bond donors (Lipinski definition) is 2. The van der Waals surface area contributed by atoms with E-state index in [1.165, 1.54) is 13.8 Å². The summed E-state index contributed by atoms with van der Waals surface area (Å²) in [4.78, 5) is 35.4. The number of carbonyl (C=O) groups is 3. The fraction of sp³-hybridized carbons (Fsp3) is 0.286. The molecular formula is C21H24N2O4. The summed E-state index contributed by atoms with van der Waals surface area (Å²) >= 11 is 0. The maximum atomic E-state index is 12.2. The van der Waals surface area contributed by atoms with Crippen molar-refractivity contribution in [2.24, 2.45) is 0 Å². The highest BCUT2D eigenvalue weighted by Crippen LogP contribution is 2.16. The van der Waals surface area contributed by atoms with Crippen molar-refractivity contribution in [1.29, 1.82) is 0 Å². The van der Waals surface area contributed by atoms with E-state index in [1.807, 2.05) is 12.1 Å². The minimum absolute atomic E-state index is 0.172. The fourth-order valence-electron chi connectivity index (χ4n) is 2.37. The number of amides is 2. The van der Waals surface area contributed by atoms with Crippen LogP contribution in [0, 0.1) is 0 Å². The molecule has 2 amide bonds. The normalized spacial score (nSPS) is 11.6. The average molecular weight is 368 g/mol. The van der Waals surface area contributed by atoms with Crippen molar-refractivity contribution in [2.75, 3.05) is 10.6 Å². The number of esters is 1. The molecule has 2 aromatic carbocycles. The second kappa shape index (κ2) is 8.98. The molecule has 0 fully saturated rings. The van der Waals surface area contributed by atoms with Gasteiger partial charge in [0.05, 0.1) is 5.56 Å². The van der Waals surface area contributed by atoms with Crippen LogP contribution in [0.3, 0.4) is 0 Å². The Hall–Kier alpha value is -3.15. The molecule has 0 aromatic heterocycles. The molecule has 0 radical (unpaired) electrons. The van der Waals surface area contributed by atoms with Crippen molar-refractivity contribution in [1.82, 2.24) is 0 Å². The highest BCUT2D eigenvalue weighted by Gasteiger charge is 2.19. The number of nitrogens with one attached hydrogen (secondary N) is 2. The van der Waals surface area contributed by atoms with Crippen LogP contribution in [0.25, 0.3) is 0 Å². The van der Waals surface area contributed by atoms with E-state index in [0.717, 1.165) is 5.56 Å². The summed E-state index contributed by atoms with van der Waals surface area (Å²) in [5, 5.41) is 5.32. The third-order valence-electron chi connectivity index (χ3n) is 3.94. The van der Waals surface area contributed by atoms with Crippen molar-refractivity contribution in [3.8, 4) is 0 Å². The van der Waals surface area contributed by atoms with Gasteiger partial charge in [0.2, 0.25) is 5.91 Å². The van der Waals surface area contributed by atoms with Gasteiger partial charge in [-0.2, -0.15) is 0 Å². The van der Waals surface area contributed by atoms with Gasteiger partial charge in [-0.1, -0.05) is 26.0 Å². The quantitative estimate of drug-likeness (QED) is 0.756. The zero-order valence-corrected chi connectivity index (χ0v) is 15.9. The van der Waals surface area contributed by atoms with Crippen LogP contribution in [0.1, 0.15) is 49.5 Å². The number of ether oxygens (including phenoxy) is 1. The van der Waals surface area contributed by atoms with Gasteiger partial charge in [0.15, 0.2) is 6.10 Å². The van der Waals surface area contributed by atoms with Gasteiger partial charge in [0, 0.05) is 18.3 Å². The predicted molar refractivity (Wildman–Crippen MR) is 105 cm³/mol. The minimum atomic E-state index is -0.947. The summed E-state index contributed by atoms with van der Waals surface area (Å²) in [5.74, 6) is -0.783. The standard InChI is InChI=1S/C21H24N2O4/c1-13(2)16-5-7-17(8-6-16)21(26)27-14(3)20(25)23-19-11-9-18(10-12-19)22-15(4)24/h5-14H,1-4H3,(H,22,24)(H,23,25)/t14-/m1/s1. The number of rotatable bonds is 6. The highest BCUT2D eigenvalue weighted by molar-refractivity contribution is 5.97. The lowest BCUT2D eigenvalue weighted by atomic mass is 10.0. The number of anilines is 2. The van der Waals surface area contributed by atoms with Crippen LogP contribution < -0.4 is 10.6 Å². The number of benzene rings is 2. The molecule has 6 nitrogen and oxygen atoms in total. The molecule has 1 atom stereocenters. The molecule has 0 unspecified atom stereocenters. The van der Waals surface area contributed by atoms with Crippen molar-refractivity contribution in [2.45, 2.75) is 39.7 Å². The monoisotopic (exact) mass is 368 g/mol. The molecule has 0 spiro atoms. The SMILES string of the molecule is CC(=O)Nc1ccc(NC(=O)[C@@H](C)OC(=O)c2ccc(C(C)C)cc2)cc1. The largest absolute Gasteiger partial charge is 0.449 e. The first-order valence-electron chi connectivity index (χ1n) is 8.75. The Morgan fingerprint density at radius 2 is 1.33 bits per heavy atom. The maximum Gasteiger partial charge on any atom is 0.338 e. The van der Waals surface area contributed by atoms with Crippen LogP contribution in [-0.4, -0.2) is 23.9 Å². The maximum absolute atomic E-state index is 12.2. The van der Waals surface area contributed by atoms with Crippen LogP contribution in [0.2, 0.25) is 0 Å². The molecule has 0 bridgehead atoms. The summed E-state index contributed by atoms with van der Waals surface area (Å²) in [6.07, 6.45) is -0.947. The van der Waals surface area contributed by atoms with Gasteiger partial charge in [-0.3, -0.25) is 9.59 Å². The smallest absolute Gasteiger partial charge is 0.338 e. The summed E-state index contributed by atoms with van der Waals surface area (Å²) in [6.45, 7) is 7.08. The molecule has 2 rings (SSSR count). The molecule has 6 heteroatoms. The van der Waals surface area contributed by atoms with Crippen molar-refractivity contribution in [3.63, 3.8) is 0 Å². The zero-order chi connectivity index (χ0) is 20.0. The van der Waals surface area contributed by atoms with Crippen LogP contribution in [0.4, 0.5) is 11.4 Å². The van der Waals surface area contributed by atoms with Crippen molar-refractivity contribution < 1.29 is 19.1 Å². The number of carbonyl (C=O) groups excluding carboxylic acids is 3. The molecular weight excluding hydrogens is 344 g/mol. The average Bonchev–Trinajstić information content (AvgIpc) is 2.62. The highest BCUT2D eigenvalue weighted by atomic mass is 16.5. The lowest BCUT2D eigenvalue weighted by Crippen LogP contribution is -2.30. The first-order chi connectivity index (χ1) is 12.8. The Kier molecular flexibility index (Phi) is 6.71. The van der Waals surface area contributed by atoms with Crippen LogP contribution >= 0.6 is 0 Å². The van der Waals surface area contributed by atoms with Gasteiger partial charge in [0.1, 0.15) is 0 Å². The summed E-state index contributed by atoms with van der Waals surface area (Å²) in [5.41, 5.74) is 2.70. The molecule has 0 saturated carbocycles. The Bertz CT molecular complexity index is 811. The lowest BCUT2D eigenvalue weighted by Gasteiger charge is -2.14. The summed E-state index contributed by atoms with van der Waals surface area (Å²) in [7, 11) is 0. The van der Waals surface area contributed by atoms with E-state index in [0.29, 0.717) is 22.9 Å². The van der Waals surface area contributed by atoms with Crippen molar-refractivity contribution in [3.05, 3.63) is 59.7 Å². The second-order valence-corrected chi connectivity index (χ2v) is 6.57. The predicted octanol–water partition coefficient (Wildman–Crippen LogP) is 3.95. The van der Waals surface area contributed by atoms with Crippen LogP contribution in [-0.2, 0) is 14.3 Å². The third kappa shape index (κ3) is 5.95. The van der Waals surface area contributed by atoms with Crippen LogP contribution in [0.5, 0.6) is 0 Å². The van der Waals surface area contributed by atoms with E-state index in [-0.39, 0.29) is 5.91 Å². The first-order valence-corrected chi connectivity index (χ1v) is 8.75. The van der Waals surface area contributed by atoms with Gasteiger partial charge in [-0.25, -0.2) is 4.79 Å². The molecule has 2 N–H and O–H groups in total. The van der Waals surface area contributed by atoms with E-state index >= 15 is 0 Å². The Morgan fingerprint density at radius 1 is 0.815 bits per heavy atom. The topological polar surface area (TPSA) is 84.5 Å². The van der Waals surface area contributed by atoms with E-state index < -0.39 is 18.0 Å². The van der Waals surface area contributed by atoms with Gasteiger partial charge in [-0.15, -0.1) is 0 Å². The second-order valence-electron chi connectivity index (χ2n) is 6.57. The van der Waals surface area contributed by atoms with Gasteiger partial charge < -0.3 is 15.4 Å². The van der Waals surface area contributed by atoms with E-state index in [2.05, 4.69) is 24.5 Å². The fourth-order valence-corrected chi connectivity index (χ4v) is 2.37. The summed E-state index contributed by atoms with van der Waals surface area (Å²) < 4.78 is 5.24. The first kappa shape index (κ1) is 20.2. The molecule has 0 aliphatic heterocycles. The Labute approximate surface area is 158 Å². The van der Waals surface area contributed by atoms with E-state index in [9.17, 15) is 14.4 Å². The Morgan fingerprint density at radius 3 is 1.81 bits per heavy atom. The summed E-state index contributed by atoms with van der Waals surface area (Å²) in [6, 6.07) is 13.8. The third-order valence-corrected chi connectivity index (χ3v) is 3.94. The molecule has 2 aromatic rings. The lowest BCUT2D eigenvalue weighted by molar-refractivity contribution is -0.123. The molecule has 0 saturated heterocycles. The Balaban J connectivity index is 1.92. The zero-order valence-electron chi connectivity index (χ0n) is 15.9. The van der Waals surface area contributed by atoms with E-state index in [4.69, 9.17) is 4.74 Å². The van der Waals surface area contributed by atoms with Gasteiger partial charge >= 0.3 is 5.97 Å². The molecule has 0 aliphatic rings. The molecule has 142 valence electrons. The molecule has 0 aliphatic carbocycles.